The molecule has 26 heavy (non-hydrogen) atoms. The van der Waals surface area contributed by atoms with Crippen molar-refractivity contribution in [2.45, 2.75) is 90.4 Å². The fraction of sp³-hybridized carbons (Fsp3) is 0.700. The summed E-state index contributed by atoms with van der Waals surface area (Å²) in [7, 11) is -4.67. The fourth-order valence-corrected chi connectivity index (χ4v) is 2.81. The van der Waals surface area contributed by atoms with Crippen molar-refractivity contribution in [1.29, 1.82) is 0 Å². The average Bonchev–Trinajstić information content (AvgIpc) is 2.55. The molecule has 0 spiro atoms. The predicted octanol–water partition coefficient (Wildman–Crippen LogP) is 3.39. The third kappa shape index (κ3) is 26.3. The van der Waals surface area contributed by atoms with Gasteiger partial charge in [-0.05, 0) is 18.4 Å². The normalized spacial score (nSPS) is 10.6. The van der Waals surface area contributed by atoms with Crippen molar-refractivity contribution in [3.05, 3.63) is 35.9 Å². The van der Waals surface area contributed by atoms with E-state index in [-0.39, 0.29) is 31.0 Å². The van der Waals surface area contributed by atoms with Crippen LogP contribution in [0, 0.1) is 0 Å². The second kappa shape index (κ2) is 19.8. The Balaban J connectivity index is -0.000000729. The third-order valence-electron chi connectivity index (χ3n) is 4.16. The standard InChI is InChI=1S/C20H34.Na.H2O4S.H/c1-2-3-4-5-6-7-8-9-10-11-12-14-17-20-18-15-13-16-19-20;;1-5(2,3)4;/h13,15-16,18-19H,2-12,14,17H2,1H3;;(H2,1,2,3,4);/q;+1;;-1. The molecule has 1 aromatic carbocycles. The Bertz CT molecular complexity index is 490. The number of unbranched alkanes of at least 4 members (excludes halogenated alkanes) is 11. The van der Waals surface area contributed by atoms with Crippen LogP contribution in [0.2, 0.25) is 0 Å². The monoisotopic (exact) mass is 396 g/mol. The molecule has 0 atom stereocenters. The van der Waals surface area contributed by atoms with Gasteiger partial charge >= 0.3 is 40.0 Å². The molecule has 0 radical (unpaired) electrons. The summed E-state index contributed by atoms with van der Waals surface area (Å²) in [5.41, 5.74) is 1.50. The maximum absolute atomic E-state index is 8.74. The van der Waals surface area contributed by atoms with Gasteiger partial charge in [0.2, 0.25) is 0 Å². The van der Waals surface area contributed by atoms with Crippen LogP contribution in [-0.4, -0.2) is 17.5 Å². The molecule has 2 N–H and O–H groups in total. The van der Waals surface area contributed by atoms with E-state index in [0.717, 1.165) is 0 Å². The smallest absolute Gasteiger partial charge is 1.00 e. The van der Waals surface area contributed by atoms with E-state index in [9.17, 15) is 0 Å². The molecule has 1 rings (SSSR count). The van der Waals surface area contributed by atoms with Crippen molar-refractivity contribution in [2.75, 3.05) is 0 Å². The Kier molecular flexibility index (Phi) is 21.6. The molecule has 0 heterocycles. The van der Waals surface area contributed by atoms with E-state index in [1.807, 2.05) is 0 Å². The van der Waals surface area contributed by atoms with E-state index < -0.39 is 10.4 Å². The molecule has 6 heteroatoms. The summed E-state index contributed by atoms with van der Waals surface area (Å²) in [5.74, 6) is 0. The molecule has 0 aliphatic heterocycles. The van der Waals surface area contributed by atoms with E-state index in [0.29, 0.717) is 0 Å². The summed E-state index contributed by atoms with van der Waals surface area (Å²) >= 11 is 0. The molecule has 148 valence electrons. The van der Waals surface area contributed by atoms with E-state index in [1.165, 1.54) is 89.0 Å². The minimum Gasteiger partial charge on any atom is -1.00 e. The summed E-state index contributed by atoms with van der Waals surface area (Å²) in [6, 6.07) is 10.9. The Hall–Kier alpha value is 0.0900. The summed E-state index contributed by atoms with van der Waals surface area (Å²) in [6.07, 6.45) is 18.5. The zero-order valence-electron chi connectivity index (χ0n) is 17.7. The number of hydrogen-bond acceptors (Lipinski definition) is 2. The van der Waals surface area contributed by atoms with Crippen molar-refractivity contribution in [1.82, 2.24) is 0 Å². The van der Waals surface area contributed by atoms with Crippen molar-refractivity contribution in [3.8, 4) is 0 Å². The molecular weight excluding hydrogens is 359 g/mol. The molecule has 0 bridgehead atoms. The molecule has 0 amide bonds. The number of benzene rings is 1. The maximum Gasteiger partial charge on any atom is 1.00 e. The van der Waals surface area contributed by atoms with Crippen LogP contribution < -0.4 is 29.6 Å². The van der Waals surface area contributed by atoms with Gasteiger partial charge in [-0.25, -0.2) is 0 Å². The zero-order valence-corrected chi connectivity index (χ0v) is 19.5. The molecule has 0 aliphatic carbocycles. The van der Waals surface area contributed by atoms with Crippen molar-refractivity contribution < 1.29 is 48.5 Å². The van der Waals surface area contributed by atoms with Gasteiger partial charge in [-0.1, -0.05) is 108 Å². The average molecular weight is 397 g/mol. The quantitative estimate of drug-likeness (QED) is 0.304. The minimum atomic E-state index is -4.67. The Morgan fingerprint density at radius 2 is 1.08 bits per heavy atom. The molecular formula is C20H37NaO4S. The maximum atomic E-state index is 8.74. The first-order chi connectivity index (χ1) is 11.9. The van der Waals surface area contributed by atoms with Crippen LogP contribution in [0.3, 0.4) is 0 Å². The Morgan fingerprint density at radius 1 is 0.731 bits per heavy atom. The molecule has 0 saturated carbocycles. The number of hydrogen-bond donors (Lipinski definition) is 2. The molecule has 0 aliphatic rings. The SMILES string of the molecule is CCCCCCCCCCCCCCc1ccccc1.O=S(=O)(O)O.[H-].[Na+]. The van der Waals surface area contributed by atoms with Crippen molar-refractivity contribution in [3.63, 3.8) is 0 Å². The van der Waals surface area contributed by atoms with Gasteiger partial charge in [-0.2, -0.15) is 8.42 Å². The van der Waals surface area contributed by atoms with E-state index >= 15 is 0 Å². The number of aryl methyl sites for hydroxylation is 1. The van der Waals surface area contributed by atoms with Gasteiger partial charge in [-0.15, -0.1) is 0 Å². The first-order valence-electron chi connectivity index (χ1n) is 9.67. The first-order valence-corrected chi connectivity index (χ1v) is 11.1. The second-order valence-electron chi connectivity index (χ2n) is 6.57. The molecule has 0 unspecified atom stereocenters. The van der Waals surface area contributed by atoms with Gasteiger partial charge in [0.1, 0.15) is 0 Å². The first kappa shape index (κ1) is 28.3. The summed E-state index contributed by atoms with van der Waals surface area (Å²) in [6.45, 7) is 2.29. The predicted molar refractivity (Wildman–Crippen MR) is 107 cm³/mol. The summed E-state index contributed by atoms with van der Waals surface area (Å²) in [5, 5.41) is 0. The van der Waals surface area contributed by atoms with E-state index in [4.69, 9.17) is 17.5 Å². The zero-order chi connectivity index (χ0) is 18.8. The van der Waals surface area contributed by atoms with Gasteiger partial charge in [0, 0.05) is 0 Å². The Morgan fingerprint density at radius 3 is 1.46 bits per heavy atom. The van der Waals surface area contributed by atoms with Gasteiger partial charge in [-0.3, -0.25) is 9.11 Å². The third-order valence-corrected chi connectivity index (χ3v) is 4.16. The molecule has 0 fully saturated rings. The van der Waals surface area contributed by atoms with Crippen molar-refractivity contribution >= 4 is 10.4 Å². The summed E-state index contributed by atoms with van der Waals surface area (Å²) in [4.78, 5) is 0. The van der Waals surface area contributed by atoms with Crippen LogP contribution in [-0.2, 0) is 16.8 Å². The minimum absolute atomic E-state index is 0. The number of rotatable bonds is 13. The van der Waals surface area contributed by atoms with Crippen LogP contribution in [0.1, 0.15) is 91.0 Å². The second-order valence-corrected chi connectivity index (χ2v) is 7.47. The topological polar surface area (TPSA) is 74.6 Å². The van der Waals surface area contributed by atoms with Crippen LogP contribution in [0.5, 0.6) is 0 Å². The molecule has 0 saturated heterocycles. The summed E-state index contributed by atoms with van der Waals surface area (Å²) < 4.78 is 31.6. The van der Waals surface area contributed by atoms with Crippen LogP contribution in [0.25, 0.3) is 0 Å². The van der Waals surface area contributed by atoms with Gasteiger partial charge in [0.05, 0.1) is 0 Å². The molecule has 4 nitrogen and oxygen atoms in total. The van der Waals surface area contributed by atoms with Gasteiger partial charge < -0.3 is 1.43 Å². The largest absolute Gasteiger partial charge is 1.00 e. The van der Waals surface area contributed by atoms with E-state index in [1.54, 1.807) is 0 Å². The fourth-order valence-electron chi connectivity index (χ4n) is 2.81. The van der Waals surface area contributed by atoms with Crippen LogP contribution >= 0.6 is 0 Å². The van der Waals surface area contributed by atoms with Crippen LogP contribution in [0.4, 0.5) is 0 Å². The van der Waals surface area contributed by atoms with E-state index in [2.05, 4.69) is 37.3 Å². The van der Waals surface area contributed by atoms with Gasteiger partial charge in [0.15, 0.2) is 0 Å². The molecule has 1 aromatic rings. The Labute approximate surface area is 184 Å². The van der Waals surface area contributed by atoms with Crippen LogP contribution in [0.15, 0.2) is 30.3 Å². The van der Waals surface area contributed by atoms with Gasteiger partial charge in [0.25, 0.3) is 0 Å². The molecule has 0 aromatic heterocycles. The van der Waals surface area contributed by atoms with Crippen molar-refractivity contribution in [2.24, 2.45) is 0 Å².